The second-order valence-corrected chi connectivity index (χ2v) is 6.50. The quantitative estimate of drug-likeness (QED) is 0.637. The standard InChI is InChI=1S/C21H23F3N2O3/c1-3-11-26(19(28)10-12-29-15-6-4-14(2)5-7-15)13-18(27)25-17-9-8-16(22)20(23)21(17)24/h4-9H,3,10-13H2,1-2H3,(H,25,27). The molecule has 0 saturated carbocycles. The molecule has 8 heteroatoms. The number of ether oxygens (including phenoxy) is 1. The van der Waals surface area contributed by atoms with Crippen molar-refractivity contribution in [1.29, 1.82) is 0 Å². The summed E-state index contributed by atoms with van der Waals surface area (Å²) in [5.74, 6) is -4.89. The van der Waals surface area contributed by atoms with Crippen molar-refractivity contribution in [2.24, 2.45) is 0 Å². The van der Waals surface area contributed by atoms with E-state index in [0.29, 0.717) is 24.8 Å². The van der Waals surface area contributed by atoms with Gasteiger partial charge in [-0.1, -0.05) is 24.6 Å². The van der Waals surface area contributed by atoms with E-state index in [9.17, 15) is 22.8 Å². The van der Waals surface area contributed by atoms with E-state index in [1.54, 1.807) is 12.1 Å². The average Bonchev–Trinajstić information content (AvgIpc) is 2.69. The molecule has 5 nitrogen and oxygen atoms in total. The van der Waals surface area contributed by atoms with Crippen molar-refractivity contribution in [1.82, 2.24) is 4.90 Å². The fourth-order valence-electron chi connectivity index (χ4n) is 2.60. The van der Waals surface area contributed by atoms with Crippen LogP contribution < -0.4 is 10.1 Å². The number of aryl methyl sites for hydroxylation is 1. The summed E-state index contributed by atoms with van der Waals surface area (Å²) in [6.45, 7) is 3.91. The predicted molar refractivity (Wildman–Crippen MR) is 103 cm³/mol. The summed E-state index contributed by atoms with van der Waals surface area (Å²) in [5, 5.41) is 2.16. The van der Waals surface area contributed by atoms with Gasteiger partial charge in [0.05, 0.1) is 25.3 Å². The third kappa shape index (κ3) is 6.51. The first-order valence-corrected chi connectivity index (χ1v) is 9.22. The van der Waals surface area contributed by atoms with Gasteiger partial charge in [0.1, 0.15) is 5.75 Å². The SMILES string of the molecule is CCCN(CC(=O)Nc1ccc(F)c(F)c1F)C(=O)CCOc1ccc(C)cc1. The van der Waals surface area contributed by atoms with E-state index in [0.717, 1.165) is 11.6 Å². The maximum absolute atomic E-state index is 13.7. The van der Waals surface area contributed by atoms with Crippen LogP contribution in [0.3, 0.4) is 0 Å². The van der Waals surface area contributed by atoms with Crippen LogP contribution in [0.25, 0.3) is 0 Å². The first-order chi connectivity index (χ1) is 13.8. The predicted octanol–water partition coefficient (Wildman–Crippen LogP) is 4.06. The van der Waals surface area contributed by atoms with Gasteiger partial charge in [0, 0.05) is 6.54 Å². The number of anilines is 1. The first kappa shape index (κ1) is 22.3. The third-order valence-corrected chi connectivity index (χ3v) is 4.10. The summed E-state index contributed by atoms with van der Waals surface area (Å²) < 4.78 is 45.5. The van der Waals surface area contributed by atoms with Crippen LogP contribution in [0, 0.1) is 24.4 Å². The first-order valence-electron chi connectivity index (χ1n) is 9.22. The van der Waals surface area contributed by atoms with Gasteiger partial charge in [0.15, 0.2) is 17.5 Å². The minimum atomic E-state index is -1.67. The number of benzene rings is 2. The topological polar surface area (TPSA) is 58.6 Å². The lowest BCUT2D eigenvalue weighted by atomic mass is 10.2. The van der Waals surface area contributed by atoms with Crippen molar-refractivity contribution < 1.29 is 27.5 Å². The zero-order valence-corrected chi connectivity index (χ0v) is 16.3. The Morgan fingerprint density at radius 3 is 2.38 bits per heavy atom. The van der Waals surface area contributed by atoms with E-state index in [-0.39, 0.29) is 25.5 Å². The van der Waals surface area contributed by atoms with Crippen LogP contribution in [0.5, 0.6) is 5.75 Å². The number of carbonyl (C=O) groups excluding carboxylic acids is 2. The number of nitrogens with zero attached hydrogens (tertiary/aromatic N) is 1. The lowest BCUT2D eigenvalue weighted by Gasteiger charge is -2.22. The normalized spacial score (nSPS) is 10.5. The molecule has 2 rings (SSSR count). The van der Waals surface area contributed by atoms with Crippen molar-refractivity contribution in [2.75, 3.05) is 25.0 Å². The molecule has 0 saturated heterocycles. The molecule has 0 atom stereocenters. The van der Waals surface area contributed by atoms with Crippen molar-refractivity contribution in [3.63, 3.8) is 0 Å². The summed E-state index contributed by atoms with van der Waals surface area (Å²) in [5.41, 5.74) is 0.603. The Balaban J connectivity index is 1.90. The Morgan fingerprint density at radius 1 is 1.03 bits per heavy atom. The molecule has 1 N–H and O–H groups in total. The molecule has 0 aliphatic rings. The molecule has 156 valence electrons. The fourth-order valence-corrected chi connectivity index (χ4v) is 2.60. The molecule has 29 heavy (non-hydrogen) atoms. The van der Waals surface area contributed by atoms with Crippen LogP contribution in [-0.4, -0.2) is 36.4 Å². The molecule has 0 aliphatic heterocycles. The number of amides is 2. The summed E-state index contributed by atoms with van der Waals surface area (Å²) in [6, 6.07) is 9.02. The summed E-state index contributed by atoms with van der Waals surface area (Å²) in [7, 11) is 0. The van der Waals surface area contributed by atoms with Gasteiger partial charge >= 0.3 is 0 Å². The monoisotopic (exact) mass is 408 g/mol. The molecule has 0 bridgehead atoms. The van der Waals surface area contributed by atoms with Crippen LogP contribution in [0.1, 0.15) is 25.3 Å². The molecular formula is C21H23F3N2O3. The second kappa shape index (κ2) is 10.5. The van der Waals surface area contributed by atoms with E-state index in [4.69, 9.17) is 4.74 Å². The summed E-state index contributed by atoms with van der Waals surface area (Å²) in [4.78, 5) is 25.9. The van der Waals surface area contributed by atoms with Crippen LogP contribution in [0.15, 0.2) is 36.4 Å². The van der Waals surface area contributed by atoms with Gasteiger partial charge in [-0.05, 0) is 37.6 Å². The molecule has 0 heterocycles. The zero-order valence-electron chi connectivity index (χ0n) is 16.3. The van der Waals surface area contributed by atoms with E-state index in [1.807, 2.05) is 26.0 Å². The second-order valence-electron chi connectivity index (χ2n) is 6.50. The lowest BCUT2D eigenvalue weighted by Crippen LogP contribution is -2.39. The van der Waals surface area contributed by atoms with Gasteiger partial charge in [0.25, 0.3) is 0 Å². The van der Waals surface area contributed by atoms with Crippen LogP contribution in [-0.2, 0) is 9.59 Å². The van der Waals surface area contributed by atoms with Gasteiger partial charge in [-0.2, -0.15) is 0 Å². The maximum atomic E-state index is 13.7. The van der Waals surface area contributed by atoms with E-state index in [2.05, 4.69) is 5.32 Å². The number of carbonyl (C=O) groups is 2. The van der Waals surface area contributed by atoms with Crippen LogP contribution in [0.4, 0.5) is 18.9 Å². The molecule has 0 spiro atoms. The number of nitrogens with one attached hydrogen (secondary N) is 1. The Hall–Kier alpha value is -3.03. The highest BCUT2D eigenvalue weighted by Crippen LogP contribution is 2.19. The Morgan fingerprint density at radius 2 is 1.72 bits per heavy atom. The molecule has 2 amide bonds. The Labute approximate surface area is 167 Å². The highest BCUT2D eigenvalue weighted by Gasteiger charge is 2.19. The van der Waals surface area contributed by atoms with Crippen molar-refractivity contribution in [2.45, 2.75) is 26.7 Å². The molecule has 0 radical (unpaired) electrons. The number of halogens is 3. The fraction of sp³-hybridized carbons (Fsp3) is 0.333. The van der Waals surface area contributed by atoms with Crippen LogP contribution >= 0.6 is 0 Å². The number of rotatable bonds is 9. The van der Waals surface area contributed by atoms with E-state index in [1.165, 1.54) is 4.90 Å². The number of hydrogen-bond acceptors (Lipinski definition) is 3. The lowest BCUT2D eigenvalue weighted by molar-refractivity contribution is -0.135. The molecule has 0 aliphatic carbocycles. The molecule has 2 aromatic rings. The molecular weight excluding hydrogens is 385 g/mol. The van der Waals surface area contributed by atoms with E-state index < -0.39 is 29.0 Å². The minimum absolute atomic E-state index is 0.0562. The molecule has 0 unspecified atom stereocenters. The molecule has 2 aromatic carbocycles. The number of hydrogen-bond donors (Lipinski definition) is 1. The van der Waals surface area contributed by atoms with Gasteiger partial charge in [-0.3, -0.25) is 9.59 Å². The third-order valence-electron chi connectivity index (χ3n) is 4.10. The van der Waals surface area contributed by atoms with Crippen LogP contribution in [0.2, 0.25) is 0 Å². The maximum Gasteiger partial charge on any atom is 0.244 e. The summed E-state index contributed by atoms with van der Waals surface area (Å²) in [6.07, 6.45) is 0.665. The van der Waals surface area contributed by atoms with Gasteiger partial charge in [-0.15, -0.1) is 0 Å². The largest absolute Gasteiger partial charge is 0.493 e. The van der Waals surface area contributed by atoms with E-state index >= 15 is 0 Å². The molecule has 0 fully saturated rings. The molecule has 0 aromatic heterocycles. The van der Waals surface area contributed by atoms with Gasteiger partial charge < -0.3 is 15.0 Å². The summed E-state index contributed by atoms with van der Waals surface area (Å²) >= 11 is 0. The van der Waals surface area contributed by atoms with Crippen molar-refractivity contribution >= 4 is 17.5 Å². The zero-order chi connectivity index (χ0) is 21.4. The average molecular weight is 408 g/mol. The highest BCUT2D eigenvalue weighted by molar-refractivity contribution is 5.94. The van der Waals surface area contributed by atoms with Crippen molar-refractivity contribution in [3.05, 3.63) is 59.4 Å². The Kier molecular flexibility index (Phi) is 8.06. The minimum Gasteiger partial charge on any atom is -0.493 e. The van der Waals surface area contributed by atoms with Gasteiger partial charge in [0.2, 0.25) is 11.8 Å². The smallest absolute Gasteiger partial charge is 0.244 e. The Bertz CT molecular complexity index is 857. The van der Waals surface area contributed by atoms with Gasteiger partial charge in [-0.25, -0.2) is 13.2 Å². The highest BCUT2D eigenvalue weighted by atomic mass is 19.2. The van der Waals surface area contributed by atoms with Crippen molar-refractivity contribution in [3.8, 4) is 5.75 Å².